The molecule has 0 unspecified atom stereocenters. The van der Waals surface area contributed by atoms with Gasteiger partial charge in [0.1, 0.15) is 17.3 Å². The minimum atomic E-state index is -4.57. The van der Waals surface area contributed by atoms with Crippen molar-refractivity contribution < 1.29 is 23.2 Å². The topological polar surface area (TPSA) is 88.3 Å². The number of phenolic OH excluding ortho intramolecular Hbond substituents is 1. The van der Waals surface area contributed by atoms with E-state index in [0.29, 0.717) is 11.9 Å². The monoisotopic (exact) mass is 331 g/mol. The normalized spacial score (nSPS) is 11.2. The van der Waals surface area contributed by atoms with Gasteiger partial charge in [-0.15, -0.1) is 0 Å². The molecule has 0 aliphatic rings. The molecule has 0 aliphatic carbocycles. The third-order valence-electron chi connectivity index (χ3n) is 2.46. The predicted octanol–water partition coefficient (Wildman–Crippen LogP) is 3.83. The number of phenols is 1. The van der Waals surface area contributed by atoms with Gasteiger partial charge in [0.2, 0.25) is 0 Å². The zero-order valence-corrected chi connectivity index (χ0v) is 11.5. The molecule has 1 aromatic heterocycles. The Morgan fingerprint density at radius 1 is 1.27 bits per heavy atom. The van der Waals surface area contributed by atoms with E-state index in [-0.39, 0.29) is 22.2 Å². The molecule has 0 spiro atoms. The predicted molar refractivity (Wildman–Crippen MR) is 73.5 cm³/mol. The number of benzene rings is 1. The average molecular weight is 331 g/mol. The van der Waals surface area contributed by atoms with Gasteiger partial charge in [0.15, 0.2) is 0 Å². The van der Waals surface area contributed by atoms with Crippen LogP contribution in [-0.2, 0) is 6.18 Å². The van der Waals surface area contributed by atoms with Gasteiger partial charge in [-0.05, 0) is 30.1 Å². The number of rotatable bonds is 4. The highest BCUT2D eigenvalue weighted by atomic mass is 32.2. The number of hydrogen-bond donors (Lipinski definition) is 2. The van der Waals surface area contributed by atoms with Crippen LogP contribution in [0.3, 0.4) is 0 Å². The summed E-state index contributed by atoms with van der Waals surface area (Å²) in [6, 6.07) is 6.63. The second-order valence-electron chi connectivity index (χ2n) is 4.02. The van der Waals surface area contributed by atoms with Gasteiger partial charge in [0.25, 0.3) is 5.69 Å². The first-order chi connectivity index (χ1) is 10.3. The fourth-order valence-electron chi connectivity index (χ4n) is 1.45. The van der Waals surface area contributed by atoms with Crippen molar-refractivity contribution in [1.29, 1.82) is 0 Å². The zero-order chi connectivity index (χ0) is 16.3. The smallest absolute Gasteiger partial charge is 0.433 e. The van der Waals surface area contributed by atoms with E-state index in [1.54, 1.807) is 0 Å². The highest BCUT2D eigenvalue weighted by molar-refractivity contribution is 8.00. The molecule has 6 nitrogen and oxygen atoms in total. The molecule has 2 rings (SSSR count). The standard InChI is InChI=1S/C12H8F3N3O3S/c13-12(14,15)10-2-1-3-11(16-10)17-22-9-6-7(18(20)21)4-5-8(9)19/h1-6,19H,(H,16,17). The molecular formula is C12H8F3N3O3S. The molecule has 0 fully saturated rings. The maximum atomic E-state index is 12.5. The van der Waals surface area contributed by atoms with Crippen molar-refractivity contribution in [2.75, 3.05) is 4.72 Å². The molecule has 2 N–H and O–H groups in total. The molecule has 0 radical (unpaired) electrons. The van der Waals surface area contributed by atoms with Crippen molar-refractivity contribution in [2.24, 2.45) is 0 Å². The lowest BCUT2D eigenvalue weighted by Crippen LogP contribution is -2.08. The molecule has 0 saturated heterocycles. The first-order valence-corrected chi connectivity index (χ1v) is 6.53. The third-order valence-corrected chi connectivity index (χ3v) is 3.32. The first kappa shape index (κ1) is 15.9. The summed E-state index contributed by atoms with van der Waals surface area (Å²) in [6.45, 7) is 0. The van der Waals surface area contributed by atoms with Gasteiger partial charge in [0.05, 0.1) is 9.82 Å². The van der Waals surface area contributed by atoms with E-state index in [1.807, 2.05) is 0 Å². The van der Waals surface area contributed by atoms with Crippen LogP contribution in [-0.4, -0.2) is 15.0 Å². The second kappa shape index (κ2) is 6.10. The van der Waals surface area contributed by atoms with Crippen molar-refractivity contribution in [3.63, 3.8) is 0 Å². The van der Waals surface area contributed by atoms with E-state index in [2.05, 4.69) is 9.71 Å². The van der Waals surface area contributed by atoms with Crippen LogP contribution in [0.2, 0.25) is 0 Å². The van der Waals surface area contributed by atoms with E-state index >= 15 is 0 Å². The van der Waals surface area contributed by atoms with Crippen LogP contribution in [0.1, 0.15) is 5.69 Å². The van der Waals surface area contributed by atoms with Crippen molar-refractivity contribution in [2.45, 2.75) is 11.1 Å². The quantitative estimate of drug-likeness (QED) is 0.503. The zero-order valence-electron chi connectivity index (χ0n) is 10.7. The molecule has 1 aromatic carbocycles. The fraction of sp³-hybridized carbons (Fsp3) is 0.0833. The summed E-state index contributed by atoms with van der Waals surface area (Å²) >= 11 is 0.717. The summed E-state index contributed by atoms with van der Waals surface area (Å²) in [5, 5.41) is 20.2. The Balaban J connectivity index is 2.17. The van der Waals surface area contributed by atoms with E-state index in [1.165, 1.54) is 12.1 Å². The Hall–Kier alpha value is -2.49. The third kappa shape index (κ3) is 3.79. The summed E-state index contributed by atoms with van der Waals surface area (Å²) in [7, 11) is 0. The molecule has 0 aliphatic heterocycles. The first-order valence-electron chi connectivity index (χ1n) is 5.72. The molecule has 2 aromatic rings. The van der Waals surface area contributed by atoms with Gasteiger partial charge in [-0.25, -0.2) is 4.98 Å². The van der Waals surface area contributed by atoms with Crippen LogP contribution in [0, 0.1) is 10.1 Å². The number of alkyl halides is 3. The molecule has 0 saturated carbocycles. The van der Waals surface area contributed by atoms with Gasteiger partial charge in [-0.3, -0.25) is 10.1 Å². The minimum absolute atomic E-state index is 0.0911. The lowest BCUT2D eigenvalue weighted by molar-refractivity contribution is -0.385. The number of pyridine rings is 1. The average Bonchev–Trinajstić information content (AvgIpc) is 2.45. The van der Waals surface area contributed by atoms with Gasteiger partial charge >= 0.3 is 6.18 Å². The Bertz CT molecular complexity index is 710. The Morgan fingerprint density at radius 3 is 2.64 bits per heavy atom. The number of nitrogens with zero attached hydrogens (tertiary/aromatic N) is 2. The van der Waals surface area contributed by atoms with E-state index in [4.69, 9.17) is 0 Å². The molecule has 116 valence electrons. The molecule has 0 bridgehead atoms. The number of aromatic hydroxyl groups is 1. The maximum absolute atomic E-state index is 12.5. The summed E-state index contributed by atoms with van der Waals surface area (Å²) < 4.78 is 40.1. The van der Waals surface area contributed by atoms with Crippen molar-refractivity contribution in [3.8, 4) is 5.75 Å². The fourth-order valence-corrected chi connectivity index (χ4v) is 2.14. The number of non-ortho nitro benzene ring substituents is 1. The van der Waals surface area contributed by atoms with E-state index in [9.17, 15) is 28.4 Å². The van der Waals surface area contributed by atoms with Crippen LogP contribution in [0.5, 0.6) is 5.75 Å². The van der Waals surface area contributed by atoms with Crippen LogP contribution in [0.15, 0.2) is 41.3 Å². The number of nitro benzene ring substituents is 1. The van der Waals surface area contributed by atoms with Gasteiger partial charge in [-0.1, -0.05) is 6.07 Å². The molecule has 0 atom stereocenters. The maximum Gasteiger partial charge on any atom is 0.433 e. The van der Waals surface area contributed by atoms with Crippen LogP contribution in [0.4, 0.5) is 24.7 Å². The second-order valence-corrected chi connectivity index (χ2v) is 4.87. The largest absolute Gasteiger partial charge is 0.507 e. The Labute approximate surface area is 126 Å². The van der Waals surface area contributed by atoms with Gasteiger partial charge in [0, 0.05) is 12.1 Å². The number of nitro groups is 1. The molecule has 1 heterocycles. The number of aromatic nitrogens is 1. The van der Waals surface area contributed by atoms with Crippen molar-refractivity contribution >= 4 is 23.5 Å². The summed E-state index contributed by atoms with van der Waals surface area (Å²) in [4.78, 5) is 13.5. The highest BCUT2D eigenvalue weighted by Crippen LogP contribution is 2.33. The lowest BCUT2D eigenvalue weighted by Gasteiger charge is -2.09. The Kier molecular flexibility index (Phi) is 4.40. The van der Waals surface area contributed by atoms with Crippen LogP contribution >= 0.6 is 11.9 Å². The summed E-state index contributed by atoms with van der Waals surface area (Å²) in [5.41, 5.74) is -1.32. The molecule has 22 heavy (non-hydrogen) atoms. The number of anilines is 1. The highest BCUT2D eigenvalue weighted by Gasteiger charge is 2.32. The Morgan fingerprint density at radius 2 is 2.00 bits per heavy atom. The summed E-state index contributed by atoms with van der Waals surface area (Å²) in [6.07, 6.45) is -4.57. The van der Waals surface area contributed by atoms with Gasteiger partial charge < -0.3 is 9.83 Å². The van der Waals surface area contributed by atoms with Crippen LogP contribution in [0.25, 0.3) is 0 Å². The van der Waals surface area contributed by atoms with Crippen LogP contribution < -0.4 is 4.72 Å². The molecule has 10 heteroatoms. The molecule has 0 amide bonds. The van der Waals surface area contributed by atoms with E-state index < -0.39 is 16.8 Å². The minimum Gasteiger partial charge on any atom is -0.507 e. The number of halogens is 3. The SMILES string of the molecule is O=[N+]([O-])c1ccc(O)c(SNc2cccc(C(F)(F)F)n2)c1. The van der Waals surface area contributed by atoms with Crippen molar-refractivity contribution in [3.05, 3.63) is 52.2 Å². The van der Waals surface area contributed by atoms with E-state index in [0.717, 1.165) is 24.3 Å². The van der Waals surface area contributed by atoms with Gasteiger partial charge in [-0.2, -0.15) is 13.2 Å². The lowest BCUT2D eigenvalue weighted by atomic mass is 10.3. The number of hydrogen-bond acceptors (Lipinski definition) is 6. The molecular weight excluding hydrogens is 323 g/mol. The van der Waals surface area contributed by atoms with Crippen molar-refractivity contribution in [1.82, 2.24) is 4.98 Å². The summed E-state index contributed by atoms with van der Waals surface area (Å²) in [5.74, 6) is -0.333. The number of nitrogens with one attached hydrogen (secondary N) is 1.